The zero-order valence-corrected chi connectivity index (χ0v) is 9.49. The topological polar surface area (TPSA) is 43.8 Å². The lowest BCUT2D eigenvalue weighted by Gasteiger charge is -2.05. The zero-order valence-electron chi connectivity index (χ0n) is 9.49. The zero-order chi connectivity index (χ0) is 11.8. The first-order valence-corrected chi connectivity index (χ1v) is 5.82. The largest absolute Gasteiger partial charge is 0.384 e. The first-order chi connectivity index (χ1) is 8.24. The third-order valence-corrected chi connectivity index (χ3v) is 3.26. The lowest BCUT2D eigenvalue weighted by Crippen LogP contribution is -2.07. The van der Waals surface area contributed by atoms with E-state index in [1.807, 2.05) is 4.68 Å². The lowest BCUT2D eigenvalue weighted by molar-refractivity contribution is 0.624. The maximum absolute atomic E-state index is 12.8. The summed E-state index contributed by atoms with van der Waals surface area (Å²) in [4.78, 5) is 0. The fourth-order valence-corrected chi connectivity index (χ4v) is 2.35. The van der Waals surface area contributed by atoms with Crippen molar-refractivity contribution in [2.24, 2.45) is 0 Å². The Labute approximate surface area is 99.1 Å². The van der Waals surface area contributed by atoms with E-state index >= 15 is 0 Å². The summed E-state index contributed by atoms with van der Waals surface area (Å²) in [6.07, 6.45) is 3.21. The van der Waals surface area contributed by atoms with Gasteiger partial charge >= 0.3 is 0 Å². The molecular formula is C13H14FN3. The molecule has 0 saturated carbocycles. The predicted molar refractivity (Wildman–Crippen MR) is 64.2 cm³/mol. The average Bonchev–Trinajstić information content (AvgIpc) is 2.87. The first-order valence-electron chi connectivity index (χ1n) is 5.82. The summed E-state index contributed by atoms with van der Waals surface area (Å²) in [6, 6.07) is 6.45. The van der Waals surface area contributed by atoms with Crippen LogP contribution < -0.4 is 5.73 Å². The molecule has 1 aromatic carbocycles. The molecule has 0 aliphatic heterocycles. The highest BCUT2D eigenvalue weighted by atomic mass is 19.1. The molecule has 88 valence electrons. The second-order valence-corrected chi connectivity index (χ2v) is 4.45. The molecule has 0 fully saturated rings. The van der Waals surface area contributed by atoms with Crippen LogP contribution in [-0.4, -0.2) is 9.78 Å². The number of aromatic nitrogens is 2. The molecule has 0 radical (unpaired) electrons. The summed E-state index contributed by atoms with van der Waals surface area (Å²) in [7, 11) is 0. The smallest absolute Gasteiger partial charge is 0.125 e. The Morgan fingerprint density at radius 2 is 2.00 bits per heavy atom. The van der Waals surface area contributed by atoms with Crippen molar-refractivity contribution >= 4 is 5.82 Å². The van der Waals surface area contributed by atoms with Crippen molar-refractivity contribution in [3.63, 3.8) is 0 Å². The highest BCUT2D eigenvalue weighted by Crippen LogP contribution is 2.26. The van der Waals surface area contributed by atoms with Gasteiger partial charge in [-0.1, -0.05) is 12.1 Å². The number of nitrogen functional groups attached to an aromatic ring is 1. The van der Waals surface area contributed by atoms with Gasteiger partial charge in [0, 0.05) is 5.56 Å². The molecule has 1 aliphatic carbocycles. The number of hydrogen-bond acceptors (Lipinski definition) is 2. The summed E-state index contributed by atoms with van der Waals surface area (Å²) in [5.74, 6) is 0.548. The van der Waals surface area contributed by atoms with Crippen molar-refractivity contribution in [3.8, 4) is 0 Å². The third kappa shape index (κ3) is 1.79. The normalized spacial score (nSPS) is 13.9. The van der Waals surface area contributed by atoms with Gasteiger partial charge in [0.2, 0.25) is 0 Å². The molecular weight excluding hydrogens is 217 g/mol. The highest BCUT2D eigenvalue weighted by molar-refractivity contribution is 5.46. The van der Waals surface area contributed by atoms with Crippen molar-refractivity contribution in [3.05, 3.63) is 46.9 Å². The van der Waals surface area contributed by atoms with Gasteiger partial charge in [0.1, 0.15) is 11.6 Å². The Kier molecular flexibility index (Phi) is 2.35. The van der Waals surface area contributed by atoms with E-state index in [1.54, 1.807) is 12.1 Å². The van der Waals surface area contributed by atoms with Crippen molar-refractivity contribution < 1.29 is 4.39 Å². The Morgan fingerprint density at radius 1 is 1.24 bits per heavy atom. The van der Waals surface area contributed by atoms with Gasteiger partial charge in [-0.15, -0.1) is 0 Å². The number of halogens is 1. The second kappa shape index (κ2) is 3.87. The van der Waals surface area contributed by atoms with E-state index in [-0.39, 0.29) is 5.82 Å². The highest BCUT2D eigenvalue weighted by Gasteiger charge is 2.20. The van der Waals surface area contributed by atoms with Crippen LogP contribution in [0.15, 0.2) is 24.3 Å². The molecule has 0 bridgehead atoms. The Morgan fingerprint density at radius 3 is 2.71 bits per heavy atom. The fraction of sp³-hybridized carbons (Fsp3) is 0.308. The average molecular weight is 231 g/mol. The molecule has 0 unspecified atom stereocenters. The van der Waals surface area contributed by atoms with Crippen LogP contribution in [0.25, 0.3) is 0 Å². The van der Waals surface area contributed by atoms with E-state index in [0.717, 1.165) is 36.3 Å². The minimum absolute atomic E-state index is 0.218. The lowest BCUT2D eigenvalue weighted by atomic mass is 10.2. The van der Waals surface area contributed by atoms with Gasteiger partial charge in [0.05, 0.1) is 12.2 Å². The SMILES string of the molecule is Nc1c2c(nn1Cc1ccc(F)cc1)CCC2. The maximum atomic E-state index is 12.8. The molecule has 4 heteroatoms. The minimum atomic E-state index is -0.218. The van der Waals surface area contributed by atoms with Crippen LogP contribution in [0.3, 0.4) is 0 Å². The summed E-state index contributed by atoms with van der Waals surface area (Å²) in [5, 5.41) is 4.51. The maximum Gasteiger partial charge on any atom is 0.125 e. The van der Waals surface area contributed by atoms with Crippen LogP contribution in [0, 0.1) is 5.82 Å². The molecule has 3 rings (SSSR count). The van der Waals surface area contributed by atoms with Crippen molar-refractivity contribution in [2.75, 3.05) is 5.73 Å². The van der Waals surface area contributed by atoms with E-state index in [0.29, 0.717) is 6.54 Å². The van der Waals surface area contributed by atoms with Crippen LogP contribution in [0.2, 0.25) is 0 Å². The van der Waals surface area contributed by atoms with Gasteiger partial charge in [0.15, 0.2) is 0 Å². The molecule has 0 spiro atoms. The molecule has 17 heavy (non-hydrogen) atoms. The van der Waals surface area contributed by atoms with E-state index in [1.165, 1.54) is 17.7 Å². The standard InChI is InChI=1S/C13H14FN3/c14-10-6-4-9(5-7-10)8-17-13(15)11-2-1-3-12(11)16-17/h4-7H,1-3,8,15H2. The van der Waals surface area contributed by atoms with Crippen molar-refractivity contribution in [2.45, 2.75) is 25.8 Å². The molecule has 0 atom stereocenters. The number of benzene rings is 1. The molecule has 0 saturated heterocycles. The summed E-state index contributed by atoms with van der Waals surface area (Å²) in [5.41, 5.74) is 9.40. The number of nitrogens with zero attached hydrogens (tertiary/aromatic N) is 2. The quantitative estimate of drug-likeness (QED) is 0.860. The number of fused-ring (bicyclic) bond motifs is 1. The molecule has 0 amide bonds. The second-order valence-electron chi connectivity index (χ2n) is 4.45. The van der Waals surface area contributed by atoms with Crippen LogP contribution in [-0.2, 0) is 19.4 Å². The van der Waals surface area contributed by atoms with Gasteiger partial charge in [-0.3, -0.25) is 0 Å². The first kappa shape index (κ1) is 10.3. The Hall–Kier alpha value is -1.84. The van der Waals surface area contributed by atoms with Gasteiger partial charge in [-0.25, -0.2) is 9.07 Å². The summed E-state index contributed by atoms with van der Waals surface area (Å²) < 4.78 is 14.6. The van der Waals surface area contributed by atoms with E-state index in [9.17, 15) is 4.39 Å². The number of hydrogen-bond donors (Lipinski definition) is 1. The van der Waals surface area contributed by atoms with Gasteiger partial charge in [0.25, 0.3) is 0 Å². The van der Waals surface area contributed by atoms with E-state index in [4.69, 9.17) is 5.73 Å². The van der Waals surface area contributed by atoms with Crippen LogP contribution >= 0.6 is 0 Å². The van der Waals surface area contributed by atoms with Gasteiger partial charge in [-0.2, -0.15) is 5.10 Å². The molecule has 1 aromatic heterocycles. The predicted octanol–water partition coefficient (Wildman–Crippen LogP) is 2.14. The van der Waals surface area contributed by atoms with Crippen LogP contribution in [0.4, 0.5) is 10.2 Å². The third-order valence-electron chi connectivity index (χ3n) is 3.26. The van der Waals surface area contributed by atoms with Crippen LogP contribution in [0.1, 0.15) is 23.2 Å². The monoisotopic (exact) mass is 231 g/mol. The van der Waals surface area contributed by atoms with Gasteiger partial charge < -0.3 is 5.73 Å². The molecule has 2 aromatic rings. The molecule has 2 N–H and O–H groups in total. The Bertz CT molecular complexity index is 543. The summed E-state index contributed by atoms with van der Waals surface area (Å²) in [6.45, 7) is 0.610. The number of anilines is 1. The van der Waals surface area contributed by atoms with E-state index < -0.39 is 0 Å². The van der Waals surface area contributed by atoms with Crippen LogP contribution in [0.5, 0.6) is 0 Å². The fourth-order valence-electron chi connectivity index (χ4n) is 2.35. The number of aryl methyl sites for hydroxylation is 1. The van der Waals surface area contributed by atoms with E-state index in [2.05, 4.69) is 5.10 Å². The number of nitrogens with two attached hydrogens (primary N) is 1. The molecule has 1 heterocycles. The number of rotatable bonds is 2. The van der Waals surface area contributed by atoms with Gasteiger partial charge in [-0.05, 0) is 37.0 Å². The minimum Gasteiger partial charge on any atom is -0.384 e. The van der Waals surface area contributed by atoms with Crippen molar-refractivity contribution in [1.82, 2.24) is 9.78 Å². The molecule has 1 aliphatic rings. The molecule has 3 nitrogen and oxygen atoms in total. The Balaban J connectivity index is 1.88. The van der Waals surface area contributed by atoms with Crippen molar-refractivity contribution in [1.29, 1.82) is 0 Å². The summed E-state index contributed by atoms with van der Waals surface area (Å²) >= 11 is 0.